The zero-order valence-electron chi connectivity index (χ0n) is 27.0. The molecule has 1 aliphatic heterocycles. The van der Waals surface area contributed by atoms with Crippen LogP contribution >= 0.6 is 0 Å². The van der Waals surface area contributed by atoms with Crippen LogP contribution in [0.1, 0.15) is 136 Å². The van der Waals surface area contributed by atoms with Crippen molar-refractivity contribution >= 4 is 11.9 Å². The van der Waals surface area contributed by atoms with E-state index in [1.54, 1.807) is 7.11 Å². The van der Waals surface area contributed by atoms with E-state index >= 15 is 0 Å². The number of hydrogen-bond acceptors (Lipinski definition) is 7. The van der Waals surface area contributed by atoms with Crippen LogP contribution < -0.4 is 11.1 Å². The average Bonchev–Trinajstić information content (AvgIpc) is 2.95. The molecule has 0 spiro atoms. The molecule has 244 valence electrons. The number of piperidine rings is 1. The van der Waals surface area contributed by atoms with Crippen molar-refractivity contribution in [1.29, 1.82) is 0 Å². The Kier molecular flexibility index (Phi) is 16.1. The molecule has 3 fully saturated rings. The second-order valence-corrected chi connectivity index (χ2v) is 13.9. The minimum Gasteiger partial charge on any atom is -0.462 e. The average molecular weight is 596 g/mol. The van der Waals surface area contributed by atoms with Crippen LogP contribution in [-0.4, -0.2) is 61.3 Å². The molecule has 0 radical (unpaired) electrons. The summed E-state index contributed by atoms with van der Waals surface area (Å²) in [6.07, 6.45) is 20.0. The van der Waals surface area contributed by atoms with Crippen molar-refractivity contribution in [3.05, 3.63) is 0 Å². The first-order chi connectivity index (χ1) is 20.2. The lowest BCUT2D eigenvalue weighted by Gasteiger charge is -2.41. The van der Waals surface area contributed by atoms with Gasteiger partial charge >= 0.3 is 11.9 Å². The summed E-state index contributed by atoms with van der Waals surface area (Å²) in [4.78, 5) is 23.9. The van der Waals surface area contributed by atoms with Crippen molar-refractivity contribution in [2.75, 3.05) is 13.7 Å². The van der Waals surface area contributed by atoms with Gasteiger partial charge < -0.3 is 24.6 Å². The number of hydrogen-bond donors (Lipinski definition) is 3. The molecule has 8 nitrogen and oxygen atoms in total. The zero-order chi connectivity index (χ0) is 30.3. The molecule has 0 aromatic carbocycles. The maximum absolute atomic E-state index is 12.0. The number of carbonyl (C=O) groups is 2. The standard InChI is InChI=1S/C34H62N2O6/c1-24(37)41-30(14-10-5-4-7-11-26-12-8-6-9-13-26)23-31(42-25(2)38)16-15-27-19-29(34(39)32(21-27)40-3)20-28-17-18-36-33(35)22-28/h26-34,36,39H,4-23,35H2,1-3H3/p+1/t27?,28?,29?,30-,31+,32?,33?,34?/m0/s1. The Labute approximate surface area is 255 Å². The lowest BCUT2D eigenvalue weighted by molar-refractivity contribution is -0.699. The molecule has 1 saturated heterocycles. The Morgan fingerprint density at radius 3 is 2.19 bits per heavy atom. The molecule has 5 N–H and O–H groups in total. The molecule has 1 heterocycles. The van der Waals surface area contributed by atoms with Crippen LogP contribution in [0.3, 0.4) is 0 Å². The van der Waals surface area contributed by atoms with E-state index in [-0.39, 0.29) is 42.3 Å². The maximum atomic E-state index is 12.0. The molecule has 8 heteroatoms. The van der Waals surface area contributed by atoms with E-state index < -0.39 is 6.10 Å². The quantitative estimate of drug-likeness (QED) is 0.160. The predicted molar refractivity (Wildman–Crippen MR) is 164 cm³/mol. The smallest absolute Gasteiger partial charge is 0.302 e. The molecule has 3 rings (SSSR count). The Balaban J connectivity index is 1.48. The van der Waals surface area contributed by atoms with Gasteiger partial charge in [0.2, 0.25) is 0 Å². The van der Waals surface area contributed by atoms with Gasteiger partial charge in [-0.05, 0) is 75.0 Å². The number of carbonyl (C=O) groups excluding carboxylic acids is 2. The lowest BCUT2D eigenvalue weighted by Crippen LogP contribution is -2.94. The second-order valence-electron chi connectivity index (χ2n) is 13.9. The highest BCUT2D eigenvalue weighted by Gasteiger charge is 2.39. The van der Waals surface area contributed by atoms with Gasteiger partial charge in [-0.25, -0.2) is 0 Å². The Hall–Kier alpha value is -1.22. The van der Waals surface area contributed by atoms with E-state index in [0.29, 0.717) is 18.3 Å². The first-order valence-corrected chi connectivity index (χ1v) is 17.4. The molecular formula is C34H63N2O6+. The second kappa shape index (κ2) is 19.2. The third-order valence-electron chi connectivity index (χ3n) is 10.4. The number of esters is 2. The number of ether oxygens (including phenoxy) is 3. The van der Waals surface area contributed by atoms with Crippen LogP contribution in [0.15, 0.2) is 0 Å². The van der Waals surface area contributed by atoms with Crippen LogP contribution in [-0.2, 0) is 23.8 Å². The van der Waals surface area contributed by atoms with Gasteiger partial charge in [-0.15, -0.1) is 0 Å². The van der Waals surface area contributed by atoms with Crippen LogP contribution in [0.2, 0.25) is 0 Å². The third kappa shape index (κ3) is 13.2. The van der Waals surface area contributed by atoms with Gasteiger partial charge in [0.1, 0.15) is 18.4 Å². The van der Waals surface area contributed by atoms with Crippen molar-refractivity contribution in [2.45, 2.75) is 166 Å². The van der Waals surface area contributed by atoms with Gasteiger partial charge in [-0.2, -0.15) is 0 Å². The van der Waals surface area contributed by atoms with E-state index in [4.69, 9.17) is 19.9 Å². The minimum absolute atomic E-state index is 0.162. The molecule has 0 amide bonds. The maximum Gasteiger partial charge on any atom is 0.302 e. The van der Waals surface area contributed by atoms with E-state index in [9.17, 15) is 14.7 Å². The molecule has 0 aromatic rings. The summed E-state index contributed by atoms with van der Waals surface area (Å²) in [6, 6.07) is 0. The van der Waals surface area contributed by atoms with E-state index in [1.807, 2.05) is 0 Å². The predicted octanol–water partition coefficient (Wildman–Crippen LogP) is 4.99. The highest BCUT2D eigenvalue weighted by Crippen LogP contribution is 2.39. The highest BCUT2D eigenvalue weighted by atomic mass is 16.6. The summed E-state index contributed by atoms with van der Waals surface area (Å²) in [5.74, 6) is 1.51. The fraction of sp³-hybridized carbons (Fsp3) is 0.941. The van der Waals surface area contributed by atoms with Crippen LogP contribution in [0.5, 0.6) is 0 Å². The van der Waals surface area contributed by atoms with Gasteiger partial charge in [0.15, 0.2) is 0 Å². The van der Waals surface area contributed by atoms with Crippen LogP contribution in [0.25, 0.3) is 0 Å². The van der Waals surface area contributed by atoms with Crippen molar-refractivity contribution in [3.8, 4) is 0 Å². The van der Waals surface area contributed by atoms with Crippen molar-refractivity contribution < 1.29 is 34.2 Å². The number of rotatable bonds is 17. The summed E-state index contributed by atoms with van der Waals surface area (Å²) in [6.45, 7) is 3.98. The molecular weight excluding hydrogens is 532 g/mol. The minimum atomic E-state index is -0.450. The summed E-state index contributed by atoms with van der Waals surface area (Å²) in [7, 11) is 1.69. The lowest BCUT2D eigenvalue weighted by atomic mass is 9.71. The summed E-state index contributed by atoms with van der Waals surface area (Å²) < 4.78 is 17.2. The molecule has 8 atom stereocenters. The zero-order valence-corrected chi connectivity index (χ0v) is 27.0. The van der Waals surface area contributed by atoms with Crippen molar-refractivity contribution in [1.82, 2.24) is 0 Å². The number of aliphatic hydroxyl groups is 1. The topological polar surface area (TPSA) is 125 Å². The number of unbranched alkanes of at least 4 members (excludes halogenated alkanes) is 3. The molecule has 42 heavy (non-hydrogen) atoms. The monoisotopic (exact) mass is 595 g/mol. The SMILES string of the molecule is COC1CC(CC[C@H](C[C@H](CCCCCCC2CCCCC2)OC(C)=O)OC(C)=O)CC(CC2CC[NH2+]C(N)C2)C1O. The Bertz CT molecular complexity index is 775. The molecule has 0 aromatic heterocycles. The van der Waals surface area contributed by atoms with Gasteiger partial charge in [0.25, 0.3) is 0 Å². The molecule has 0 bridgehead atoms. The number of quaternary nitrogens is 1. The fourth-order valence-electron chi connectivity index (χ4n) is 8.20. The molecule has 2 saturated carbocycles. The first kappa shape index (κ1) is 35.3. The number of nitrogens with two attached hydrogens (primary N) is 2. The molecule has 6 unspecified atom stereocenters. The fourth-order valence-corrected chi connectivity index (χ4v) is 8.20. The Morgan fingerprint density at radius 1 is 0.833 bits per heavy atom. The summed E-state index contributed by atoms with van der Waals surface area (Å²) >= 11 is 0. The van der Waals surface area contributed by atoms with Gasteiger partial charge in [-0.3, -0.25) is 15.3 Å². The highest BCUT2D eigenvalue weighted by molar-refractivity contribution is 5.66. The van der Waals surface area contributed by atoms with Crippen LogP contribution in [0, 0.1) is 23.7 Å². The van der Waals surface area contributed by atoms with Gasteiger partial charge in [0, 0.05) is 33.8 Å². The first-order valence-electron chi connectivity index (χ1n) is 17.4. The van der Waals surface area contributed by atoms with E-state index in [0.717, 1.165) is 76.7 Å². The van der Waals surface area contributed by atoms with Crippen molar-refractivity contribution in [3.63, 3.8) is 0 Å². The van der Waals surface area contributed by atoms with E-state index in [1.165, 1.54) is 65.2 Å². The third-order valence-corrected chi connectivity index (χ3v) is 10.4. The van der Waals surface area contributed by atoms with Gasteiger partial charge in [0.05, 0.1) is 18.8 Å². The Morgan fingerprint density at radius 2 is 1.52 bits per heavy atom. The number of aliphatic hydroxyl groups excluding tert-OH is 1. The van der Waals surface area contributed by atoms with Crippen LogP contribution in [0.4, 0.5) is 0 Å². The molecule has 2 aliphatic carbocycles. The van der Waals surface area contributed by atoms with Crippen molar-refractivity contribution in [2.24, 2.45) is 29.4 Å². The van der Waals surface area contributed by atoms with Gasteiger partial charge in [-0.1, -0.05) is 57.8 Å². The summed E-state index contributed by atoms with van der Waals surface area (Å²) in [5.41, 5.74) is 6.20. The summed E-state index contributed by atoms with van der Waals surface area (Å²) in [5, 5.41) is 13.3. The largest absolute Gasteiger partial charge is 0.462 e. The molecule has 3 aliphatic rings. The normalized spacial score (nSPS) is 30.4. The number of methoxy groups -OCH3 is 1. The van der Waals surface area contributed by atoms with E-state index in [2.05, 4.69) is 5.32 Å².